The number of fused-ring (bicyclic) bond motifs is 9. The fourth-order valence-corrected chi connectivity index (χ4v) is 8.70. The number of aromatic nitrogens is 3. The van der Waals surface area contributed by atoms with E-state index < -0.39 is 0 Å². The third kappa shape index (κ3) is 4.05. The van der Waals surface area contributed by atoms with E-state index in [0.29, 0.717) is 17.5 Å². The van der Waals surface area contributed by atoms with E-state index in [9.17, 15) is 0 Å². The third-order valence-corrected chi connectivity index (χ3v) is 11.4. The molecule has 7 aromatic rings. The molecule has 0 radical (unpaired) electrons. The smallest absolute Gasteiger partial charge is 0.164 e. The van der Waals surface area contributed by atoms with Gasteiger partial charge in [0.15, 0.2) is 17.5 Å². The lowest BCUT2D eigenvalue weighted by Gasteiger charge is -2.23. The Morgan fingerprint density at radius 1 is 0.367 bits per heavy atom. The zero-order valence-electron chi connectivity index (χ0n) is 28.2. The first-order chi connectivity index (χ1) is 23.8. The molecule has 3 aliphatic rings. The summed E-state index contributed by atoms with van der Waals surface area (Å²) < 4.78 is 0. The van der Waals surface area contributed by atoms with Gasteiger partial charge in [-0.1, -0.05) is 131 Å². The van der Waals surface area contributed by atoms with E-state index in [0.717, 1.165) is 23.1 Å². The maximum atomic E-state index is 5.20. The minimum Gasteiger partial charge on any atom is -0.208 e. The van der Waals surface area contributed by atoms with Crippen molar-refractivity contribution >= 4 is 0 Å². The van der Waals surface area contributed by atoms with Crippen molar-refractivity contribution in [2.24, 2.45) is 0 Å². The van der Waals surface area contributed by atoms with Crippen LogP contribution in [0, 0.1) is 0 Å². The van der Waals surface area contributed by atoms with E-state index in [1.807, 2.05) is 18.2 Å². The Labute approximate surface area is 287 Å². The van der Waals surface area contributed by atoms with Crippen molar-refractivity contribution < 1.29 is 0 Å². The van der Waals surface area contributed by atoms with Crippen LogP contribution >= 0.6 is 0 Å². The molecular formula is C46H35N3. The topological polar surface area (TPSA) is 38.7 Å². The summed E-state index contributed by atoms with van der Waals surface area (Å²) in [7, 11) is 0. The standard InChI is InChI=1S/C46H35N3/c1-45(2)38-17-11-10-16-33(38)34-20-18-29(24-39(34)45)43-47-42(27-12-6-5-7-13-27)48-44(49-43)30-19-21-35-37-23-31-22-28-14-8-9-15-32(28)36(31)26-41(37)46(3,4)40(35)25-30/h5-21,23-26H,22H2,1-4H3. The van der Waals surface area contributed by atoms with Gasteiger partial charge in [-0.2, -0.15) is 0 Å². The summed E-state index contributed by atoms with van der Waals surface area (Å²) in [5.41, 5.74) is 18.9. The summed E-state index contributed by atoms with van der Waals surface area (Å²) >= 11 is 0. The van der Waals surface area contributed by atoms with Crippen molar-refractivity contribution in [2.75, 3.05) is 0 Å². The van der Waals surface area contributed by atoms with Gasteiger partial charge in [0, 0.05) is 27.5 Å². The molecule has 0 fully saturated rings. The number of rotatable bonds is 3. The Balaban J connectivity index is 1.11. The van der Waals surface area contributed by atoms with Crippen LogP contribution in [0.15, 0.2) is 127 Å². The Kier molecular flexibility index (Phi) is 5.75. The maximum absolute atomic E-state index is 5.20. The first kappa shape index (κ1) is 28.4. The van der Waals surface area contributed by atoms with Crippen LogP contribution in [0.2, 0.25) is 0 Å². The van der Waals surface area contributed by atoms with Crippen molar-refractivity contribution in [3.8, 4) is 67.5 Å². The number of hydrogen-bond donors (Lipinski definition) is 0. The molecule has 0 atom stereocenters. The van der Waals surface area contributed by atoms with Gasteiger partial charge in [0.25, 0.3) is 0 Å². The van der Waals surface area contributed by atoms with Gasteiger partial charge in [0.2, 0.25) is 0 Å². The number of benzene rings is 6. The van der Waals surface area contributed by atoms with Crippen LogP contribution in [0.4, 0.5) is 0 Å². The largest absolute Gasteiger partial charge is 0.208 e. The third-order valence-electron chi connectivity index (χ3n) is 11.4. The fraction of sp³-hybridized carbons (Fsp3) is 0.152. The highest BCUT2D eigenvalue weighted by atomic mass is 15.0. The minimum atomic E-state index is -0.161. The lowest BCUT2D eigenvalue weighted by Crippen LogP contribution is -2.15. The molecule has 0 saturated carbocycles. The van der Waals surface area contributed by atoms with Crippen molar-refractivity contribution in [2.45, 2.75) is 44.9 Å². The Morgan fingerprint density at radius 3 is 1.57 bits per heavy atom. The molecule has 0 amide bonds. The van der Waals surface area contributed by atoms with E-state index >= 15 is 0 Å². The molecule has 0 aliphatic heterocycles. The molecule has 3 aliphatic carbocycles. The predicted octanol–water partition coefficient (Wildman–Crippen LogP) is 11.1. The molecule has 234 valence electrons. The lowest BCUT2D eigenvalue weighted by atomic mass is 9.81. The average molecular weight is 630 g/mol. The summed E-state index contributed by atoms with van der Waals surface area (Å²) in [5.74, 6) is 2.07. The molecule has 3 nitrogen and oxygen atoms in total. The Hall–Kier alpha value is -5.67. The lowest BCUT2D eigenvalue weighted by molar-refractivity contribution is 0.660. The summed E-state index contributed by atoms with van der Waals surface area (Å²) in [6.07, 6.45) is 0.995. The summed E-state index contributed by atoms with van der Waals surface area (Å²) in [6, 6.07) is 46.3. The van der Waals surface area contributed by atoms with Crippen molar-refractivity contribution in [1.82, 2.24) is 15.0 Å². The second-order valence-corrected chi connectivity index (χ2v) is 14.9. The van der Waals surface area contributed by atoms with Gasteiger partial charge in [0.1, 0.15) is 0 Å². The molecule has 49 heavy (non-hydrogen) atoms. The Morgan fingerprint density at radius 2 is 0.878 bits per heavy atom. The molecule has 6 aromatic carbocycles. The molecule has 0 saturated heterocycles. The van der Waals surface area contributed by atoms with Crippen LogP contribution < -0.4 is 0 Å². The minimum absolute atomic E-state index is 0.108. The van der Waals surface area contributed by atoms with E-state index in [4.69, 9.17) is 15.0 Å². The summed E-state index contributed by atoms with van der Waals surface area (Å²) in [4.78, 5) is 15.4. The maximum Gasteiger partial charge on any atom is 0.164 e. The van der Waals surface area contributed by atoms with Crippen LogP contribution in [0.5, 0.6) is 0 Å². The Bertz CT molecular complexity index is 2520. The number of hydrogen-bond acceptors (Lipinski definition) is 3. The van der Waals surface area contributed by atoms with Crippen molar-refractivity contribution in [3.63, 3.8) is 0 Å². The first-order valence-electron chi connectivity index (χ1n) is 17.2. The van der Waals surface area contributed by atoms with Crippen LogP contribution in [-0.2, 0) is 17.3 Å². The molecular weight excluding hydrogens is 595 g/mol. The summed E-state index contributed by atoms with van der Waals surface area (Å²) in [6.45, 7) is 9.33. The normalized spacial score (nSPS) is 15.2. The van der Waals surface area contributed by atoms with Gasteiger partial charge in [-0.05, 0) is 97.4 Å². The van der Waals surface area contributed by atoms with Gasteiger partial charge in [-0.25, -0.2) is 15.0 Å². The quantitative estimate of drug-likeness (QED) is 0.195. The summed E-state index contributed by atoms with van der Waals surface area (Å²) in [5, 5.41) is 0. The second-order valence-electron chi connectivity index (χ2n) is 14.9. The van der Waals surface area contributed by atoms with Gasteiger partial charge < -0.3 is 0 Å². The van der Waals surface area contributed by atoms with Crippen molar-refractivity contribution in [1.29, 1.82) is 0 Å². The zero-order chi connectivity index (χ0) is 33.1. The van der Waals surface area contributed by atoms with Crippen molar-refractivity contribution in [3.05, 3.63) is 161 Å². The highest BCUT2D eigenvalue weighted by Gasteiger charge is 2.38. The van der Waals surface area contributed by atoms with E-state index in [2.05, 4.69) is 137 Å². The second kappa shape index (κ2) is 9.93. The van der Waals surface area contributed by atoms with E-state index in [1.54, 1.807) is 0 Å². The van der Waals surface area contributed by atoms with Gasteiger partial charge in [-0.3, -0.25) is 0 Å². The predicted molar refractivity (Wildman–Crippen MR) is 200 cm³/mol. The zero-order valence-corrected chi connectivity index (χ0v) is 28.2. The number of nitrogens with zero attached hydrogens (tertiary/aromatic N) is 3. The monoisotopic (exact) mass is 629 g/mol. The molecule has 1 aromatic heterocycles. The van der Waals surface area contributed by atoms with E-state index in [-0.39, 0.29) is 10.8 Å². The molecule has 0 bridgehead atoms. The van der Waals surface area contributed by atoms with Crippen LogP contribution in [0.3, 0.4) is 0 Å². The molecule has 3 heteroatoms. The highest BCUT2D eigenvalue weighted by Crippen LogP contribution is 2.53. The SMILES string of the molecule is CC1(C)c2ccccc2-c2ccc(-c3nc(-c4ccccc4)nc(-c4ccc5c(c4)C(C)(C)c4cc6c(cc4-5)Cc4ccccc4-6)n3)cc21. The molecule has 1 heterocycles. The fourth-order valence-electron chi connectivity index (χ4n) is 8.70. The molecule has 0 N–H and O–H groups in total. The van der Waals surface area contributed by atoms with Gasteiger partial charge in [-0.15, -0.1) is 0 Å². The highest BCUT2D eigenvalue weighted by molar-refractivity contribution is 5.89. The molecule has 10 rings (SSSR count). The van der Waals surface area contributed by atoms with Crippen LogP contribution in [0.25, 0.3) is 67.5 Å². The molecule has 0 unspecified atom stereocenters. The van der Waals surface area contributed by atoms with E-state index in [1.165, 1.54) is 66.8 Å². The first-order valence-corrected chi connectivity index (χ1v) is 17.2. The van der Waals surface area contributed by atoms with Crippen LogP contribution in [0.1, 0.15) is 61.1 Å². The van der Waals surface area contributed by atoms with Gasteiger partial charge in [0.05, 0.1) is 0 Å². The van der Waals surface area contributed by atoms with Crippen LogP contribution in [-0.4, -0.2) is 15.0 Å². The molecule has 0 spiro atoms. The average Bonchev–Trinajstić information content (AvgIpc) is 3.70. The van der Waals surface area contributed by atoms with Gasteiger partial charge >= 0.3 is 0 Å².